The second-order valence-electron chi connectivity index (χ2n) is 9.59. The summed E-state index contributed by atoms with van der Waals surface area (Å²) < 4.78 is 0. The van der Waals surface area contributed by atoms with Crippen LogP contribution in [0.1, 0.15) is 50.7 Å². The highest BCUT2D eigenvalue weighted by Crippen LogP contribution is 2.61. The van der Waals surface area contributed by atoms with E-state index in [0.717, 1.165) is 37.4 Å². The van der Waals surface area contributed by atoms with Gasteiger partial charge >= 0.3 is 0 Å². The van der Waals surface area contributed by atoms with Crippen LogP contribution in [0.3, 0.4) is 0 Å². The number of hydrogen-bond acceptors (Lipinski definition) is 2. The summed E-state index contributed by atoms with van der Waals surface area (Å²) in [4.78, 5) is 0. The van der Waals surface area contributed by atoms with Gasteiger partial charge in [0, 0.05) is 31.6 Å². The Morgan fingerprint density at radius 2 is 1.50 bits per heavy atom. The standard InChI is InChI=1S/C26H36N2/c1-19-24-16-22(26(24,2)3)17-25(19)28-15-14-27-18-23(20-10-6-4-7-11-20)21-12-8-5-9-13-21/h4-13,19,22-25,27-28H,14-18H2,1-3H3/t19-,22?,24+,25-/m1/s1. The van der Waals surface area contributed by atoms with Crippen LogP contribution in [0.4, 0.5) is 0 Å². The van der Waals surface area contributed by atoms with Crippen molar-refractivity contribution in [2.75, 3.05) is 19.6 Å². The second-order valence-corrected chi connectivity index (χ2v) is 9.59. The molecule has 0 spiro atoms. The lowest BCUT2D eigenvalue weighted by Gasteiger charge is -2.62. The average molecular weight is 377 g/mol. The minimum Gasteiger partial charge on any atom is -0.315 e. The first-order valence-electron chi connectivity index (χ1n) is 11.1. The fourth-order valence-corrected chi connectivity index (χ4v) is 5.81. The summed E-state index contributed by atoms with van der Waals surface area (Å²) in [5, 5.41) is 7.57. The maximum Gasteiger partial charge on any atom is 0.0214 e. The van der Waals surface area contributed by atoms with Crippen LogP contribution in [0.15, 0.2) is 60.7 Å². The molecule has 0 amide bonds. The van der Waals surface area contributed by atoms with Gasteiger partial charge in [0.05, 0.1) is 0 Å². The number of fused-ring (bicyclic) bond motifs is 2. The Morgan fingerprint density at radius 1 is 0.893 bits per heavy atom. The van der Waals surface area contributed by atoms with Crippen LogP contribution in [-0.4, -0.2) is 25.7 Å². The molecule has 0 saturated heterocycles. The van der Waals surface area contributed by atoms with Gasteiger partial charge in [-0.1, -0.05) is 81.4 Å². The quantitative estimate of drug-likeness (QED) is 0.629. The molecule has 3 fully saturated rings. The summed E-state index contributed by atoms with van der Waals surface area (Å²) in [5.74, 6) is 3.06. The molecule has 2 bridgehead atoms. The average Bonchev–Trinajstić information content (AvgIpc) is 2.72. The van der Waals surface area contributed by atoms with E-state index < -0.39 is 0 Å². The molecule has 2 heteroatoms. The van der Waals surface area contributed by atoms with Gasteiger partial charge in [0.25, 0.3) is 0 Å². The van der Waals surface area contributed by atoms with Crippen molar-refractivity contribution in [3.63, 3.8) is 0 Å². The maximum absolute atomic E-state index is 3.86. The molecule has 3 saturated carbocycles. The van der Waals surface area contributed by atoms with Crippen molar-refractivity contribution in [3.05, 3.63) is 71.8 Å². The number of nitrogens with one attached hydrogen (secondary N) is 2. The van der Waals surface area contributed by atoms with E-state index in [1.54, 1.807) is 0 Å². The third kappa shape index (κ3) is 3.90. The molecule has 2 aromatic carbocycles. The molecule has 2 nitrogen and oxygen atoms in total. The molecule has 2 N–H and O–H groups in total. The Labute approximate surface area is 171 Å². The Kier molecular flexibility index (Phi) is 5.89. The number of hydrogen-bond donors (Lipinski definition) is 2. The number of benzene rings is 2. The fraction of sp³-hybridized carbons (Fsp3) is 0.538. The van der Waals surface area contributed by atoms with E-state index in [2.05, 4.69) is 92.1 Å². The monoisotopic (exact) mass is 376 g/mol. The largest absolute Gasteiger partial charge is 0.315 e. The summed E-state index contributed by atoms with van der Waals surface area (Å²) in [6, 6.07) is 22.5. The minimum atomic E-state index is 0.407. The van der Waals surface area contributed by atoms with Crippen LogP contribution in [0.2, 0.25) is 0 Å². The Morgan fingerprint density at radius 3 is 2.04 bits per heavy atom. The van der Waals surface area contributed by atoms with Crippen molar-refractivity contribution < 1.29 is 0 Å². The van der Waals surface area contributed by atoms with Crippen molar-refractivity contribution >= 4 is 0 Å². The molecular weight excluding hydrogens is 340 g/mol. The summed E-state index contributed by atoms with van der Waals surface area (Å²) in [6.45, 7) is 10.5. The van der Waals surface area contributed by atoms with Crippen LogP contribution in [0.5, 0.6) is 0 Å². The first-order valence-corrected chi connectivity index (χ1v) is 11.1. The number of rotatable bonds is 8. The van der Waals surface area contributed by atoms with Crippen LogP contribution in [-0.2, 0) is 0 Å². The van der Waals surface area contributed by atoms with E-state index in [1.807, 2.05) is 0 Å². The van der Waals surface area contributed by atoms with Gasteiger partial charge in [-0.05, 0) is 47.1 Å². The zero-order chi connectivity index (χ0) is 19.6. The molecule has 150 valence electrons. The van der Waals surface area contributed by atoms with Gasteiger partial charge in [0.15, 0.2) is 0 Å². The predicted molar refractivity (Wildman–Crippen MR) is 119 cm³/mol. The van der Waals surface area contributed by atoms with Gasteiger partial charge < -0.3 is 10.6 Å². The predicted octanol–water partition coefficient (Wildman–Crippen LogP) is 5.07. The molecule has 0 aliphatic heterocycles. The molecule has 3 aliphatic carbocycles. The topological polar surface area (TPSA) is 24.1 Å². The molecular formula is C26H36N2. The molecule has 5 rings (SSSR count). The second kappa shape index (κ2) is 8.39. The maximum atomic E-state index is 3.86. The lowest BCUT2D eigenvalue weighted by Crippen LogP contribution is -2.60. The van der Waals surface area contributed by atoms with Crippen molar-refractivity contribution in [2.24, 2.45) is 23.2 Å². The Bertz CT molecular complexity index is 700. The van der Waals surface area contributed by atoms with Crippen LogP contribution in [0.25, 0.3) is 0 Å². The smallest absolute Gasteiger partial charge is 0.0214 e. The zero-order valence-electron chi connectivity index (χ0n) is 17.7. The summed E-state index contributed by atoms with van der Waals surface area (Å²) in [7, 11) is 0. The van der Waals surface area contributed by atoms with Crippen molar-refractivity contribution in [1.29, 1.82) is 0 Å². The third-order valence-corrected chi connectivity index (χ3v) is 7.81. The van der Waals surface area contributed by atoms with E-state index in [9.17, 15) is 0 Å². The highest BCUT2D eigenvalue weighted by atomic mass is 15.0. The summed E-state index contributed by atoms with van der Waals surface area (Å²) in [5.41, 5.74) is 3.35. The fourth-order valence-electron chi connectivity index (χ4n) is 5.81. The first kappa shape index (κ1) is 19.7. The first-order chi connectivity index (χ1) is 13.6. The van der Waals surface area contributed by atoms with E-state index in [-0.39, 0.29) is 0 Å². The third-order valence-electron chi connectivity index (χ3n) is 7.81. The van der Waals surface area contributed by atoms with Gasteiger partial charge in [-0.2, -0.15) is 0 Å². The molecule has 0 radical (unpaired) electrons. The summed E-state index contributed by atoms with van der Waals surface area (Å²) in [6.07, 6.45) is 2.82. The SMILES string of the molecule is C[C@H]1[C@H](NCCNCC(c2ccccc2)c2ccccc2)CC2C[C@@H]1C2(C)C. The highest BCUT2D eigenvalue weighted by molar-refractivity contribution is 5.32. The van der Waals surface area contributed by atoms with Crippen LogP contribution >= 0.6 is 0 Å². The minimum absolute atomic E-state index is 0.407. The molecule has 3 aliphatic rings. The van der Waals surface area contributed by atoms with Gasteiger partial charge in [-0.3, -0.25) is 0 Å². The Hall–Kier alpha value is -1.64. The van der Waals surface area contributed by atoms with E-state index in [1.165, 1.54) is 24.0 Å². The molecule has 0 aromatic heterocycles. The van der Waals surface area contributed by atoms with Crippen molar-refractivity contribution in [2.45, 2.75) is 45.6 Å². The van der Waals surface area contributed by atoms with Crippen LogP contribution in [0, 0.1) is 23.2 Å². The van der Waals surface area contributed by atoms with Gasteiger partial charge in [-0.15, -0.1) is 0 Å². The molecule has 4 atom stereocenters. The lowest BCUT2D eigenvalue weighted by atomic mass is 9.45. The normalized spacial score (nSPS) is 28.1. The van der Waals surface area contributed by atoms with Gasteiger partial charge in [0.1, 0.15) is 0 Å². The van der Waals surface area contributed by atoms with Crippen molar-refractivity contribution in [1.82, 2.24) is 10.6 Å². The molecule has 1 unspecified atom stereocenters. The highest BCUT2D eigenvalue weighted by Gasteiger charge is 2.55. The zero-order valence-corrected chi connectivity index (χ0v) is 17.7. The molecule has 0 heterocycles. The van der Waals surface area contributed by atoms with Crippen molar-refractivity contribution in [3.8, 4) is 0 Å². The van der Waals surface area contributed by atoms with Crippen LogP contribution < -0.4 is 10.6 Å². The van der Waals surface area contributed by atoms with E-state index in [4.69, 9.17) is 0 Å². The Balaban J connectivity index is 1.27. The molecule has 2 aromatic rings. The van der Waals surface area contributed by atoms with E-state index >= 15 is 0 Å². The van der Waals surface area contributed by atoms with Gasteiger partial charge in [0.2, 0.25) is 0 Å². The summed E-state index contributed by atoms with van der Waals surface area (Å²) >= 11 is 0. The molecule has 28 heavy (non-hydrogen) atoms. The van der Waals surface area contributed by atoms with Gasteiger partial charge in [-0.25, -0.2) is 0 Å². The van der Waals surface area contributed by atoms with E-state index in [0.29, 0.717) is 17.4 Å². The lowest BCUT2D eigenvalue weighted by molar-refractivity contribution is -0.114.